The first-order valence-corrected chi connectivity index (χ1v) is 8.16. The second kappa shape index (κ2) is 10.6. The maximum absolute atomic E-state index is 9.85. The zero-order valence-corrected chi connectivity index (χ0v) is 15.0. The van der Waals surface area contributed by atoms with Crippen LogP contribution in [0.3, 0.4) is 0 Å². The van der Waals surface area contributed by atoms with Crippen molar-refractivity contribution in [1.29, 1.82) is 0 Å². The zero-order chi connectivity index (χ0) is 17.2. The molecule has 0 rings (SSSR count). The number of hydrogen-bond donors (Lipinski definition) is 2. The average molecular weight is 306 g/mol. The van der Waals surface area contributed by atoms with Crippen molar-refractivity contribution in [2.75, 3.05) is 0 Å². The average Bonchev–Trinajstić information content (AvgIpc) is 2.37. The van der Waals surface area contributed by atoms with Crippen LogP contribution in [0.4, 0.5) is 0 Å². The van der Waals surface area contributed by atoms with E-state index < -0.39 is 5.60 Å². The largest absolute Gasteiger partial charge is 0.389 e. The van der Waals surface area contributed by atoms with Gasteiger partial charge >= 0.3 is 0 Å². The first-order valence-electron chi connectivity index (χ1n) is 8.16. The molecule has 0 radical (unpaired) electrons. The van der Waals surface area contributed by atoms with Crippen molar-refractivity contribution in [3.63, 3.8) is 0 Å². The molecule has 126 valence electrons. The zero-order valence-electron chi connectivity index (χ0n) is 15.0. The van der Waals surface area contributed by atoms with Gasteiger partial charge in [-0.2, -0.15) is 0 Å². The van der Waals surface area contributed by atoms with E-state index in [2.05, 4.69) is 32.6 Å². The van der Waals surface area contributed by atoms with Gasteiger partial charge in [0.25, 0.3) is 0 Å². The van der Waals surface area contributed by atoms with Crippen LogP contribution in [0.5, 0.6) is 0 Å². The van der Waals surface area contributed by atoms with Crippen molar-refractivity contribution in [2.24, 2.45) is 0 Å². The highest BCUT2D eigenvalue weighted by Crippen LogP contribution is 2.16. The fourth-order valence-electron chi connectivity index (χ4n) is 2.22. The molecule has 2 heteroatoms. The Hall–Kier alpha value is -1.12. The predicted octanol–water partition coefficient (Wildman–Crippen LogP) is 5.09. The molecule has 0 saturated carbocycles. The fraction of sp³-hybridized carbons (Fsp3) is 0.600. The third kappa shape index (κ3) is 11.5. The molecule has 0 aromatic rings. The number of hydrogen-bond acceptors (Lipinski definition) is 2. The fourth-order valence-corrected chi connectivity index (χ4v) is 2.22. The smallest absolute Gasteiger partial charge is 0.0800 e. The molecule has 0 aliphatic heterocycles. The molecular formula is C20H34O2. The molecule has 0 bridgehead atoms. The highest BCUT2D eigenvalue weighted by atomic mass is 16.3. The molecule has 0 aromatic heterocycles. The third-order valence-electron chi connectivity index (χ3n) is 3.67. The van der Waals surface area contributed by atoms with Crippen molar-refractivity contribution in [1.82, 2.24) is 0 Å². The SMILES string of the molecule is C=CC(C)(O)CC/C=C(\C)CC/C=C(\C)C[C@@H](O)C=C(C)C. The van der Waals surface area contributed by atoms with Gasteiger partial charge in [-0.25, -0.2) is 0 Å². The van der Waals surface area contributed by atoms with Gasteiger partial charge in [-0.1, -0.05) is 41.0 Å². The van der Waals surface area contributed by atoms with Crippen molar-refractivity contribution in [3.8, 4) is 0 Å². The normalized spacial score (nSPS) is 16.9. The number of rotatable bonds is 10. The van der Waals surface area contributed by atoms with Crippen LogP contribution < -0.4 is 0 Å². The highest BCUT2D eigenvalue weighted by molar-refractivity contribution is 5.08. The lowest BCUT2D eigenvalue weighted by Gasteiger charge is -2.16. The molecule has 0 saturated heterocycles. The molecule has 0 aliphatic carbocycles. The molecule has 0 heterocycles. The Balaban J connectivity index is 4.14. The standard InChI is InChI=1S/C20H34O2/c1-7-20(6,22)13-9-12-17(4)10-8-11-18(5)15-19(21)14-16(2)3/h7,11-12,14,19,21-22H,1,8-10,13,15H2,2-6H3/b17-12+,18-11+/t19-,20?/m0/s1. The van der Waals surface area contributed by atoms with Gasteiger partial charge in [0.2, 0.25) is 0 Å². The lowest BCUT2D eigenvalue weighted by Crippen LogP contribution is -2.19. The quantitative estimate of drug-likeness (QED) is 0.552. The van der Waals surface area contributed by atoms with Gasteiger partial charge in [0, 0.05) is 0 Å². The summed E-state index contributed by atoms with van der Waals surface area (Å²) in [4.78, 5) is 0. The maximum Gasteiger partial charge on any atom is 0.0800 e. The predicted molar refractivity (Wildman–Crippen MR) is 96.9 cm³/mol. The Morgan fingerprint density at radius 3 is 2.23 bits per heavy atom. The maximum atomic E-state index is 9.85. The monoisotopic (exact) mass is 306 g/mol. The summed E-state index contributed by atoms with van der Waals surface area (Å²) in [6, 6.07) is 0. The second-order valence-corrected chi connectivity index (χ2v) is 6.76. The molecular weight excluding hydrogens is 272 g/mol. The molecule has 2 N–H and O–H groups in total. The van der Waals surface area contributed by atoms with Gasteiger partial charge in [-0.3, -0.25) is 0 Å². The van der Waals surface area contributed by atoms with Crippen LogP contribution in [0.25, 0.3) is 0 Å². The minimum Gasteiger partial charge on any atom is -0.389 e. The summed E-state index contributed by atoms with van der Waals surface area (Å²) in [5.41, 5.74) is 2.95. The van der Waals surface area contributed by atoms with Crippen LogP contribution in [0.1, 0.15) is 66.7 Å². The summed E-state index contributed by atoms with van der Waals surface area (Å²) in [5, 5.41) is 19.7. The Kier molecular flexibility index (Phi) is 10.0. The van der Waals surface area contributed by atoms with Crippen molar-refractivity contribution in [2.45, 2.75) is 78.4 Å². The summed E-state index contributed by atoms with van der Waals surface area (Å²) in [7, 11) is 0. The van der Waals surface area contributed by atoms with Gasteiger partial charge in [0.05, 0.1) is 11.7 Å². The van der Waals surface area contributed by atoms with E-state index in [0.717, 1.165) is 24.8 Å². The molecule has 2 nitrogen and oxygen atoms in total. The summed E-state index contributed by atoms with van der Waals surface area (Å²) in [6.07, 6.45) is 11.8. The van der Waals surface area contributed by atoms with E-state index in [9.17, 15) is 10.2 Å². The molecule has 0 aromatic carbocycles. The van der Waals surface area contributed by atoms with Gasteiger partial charge in [-0.15, -0.1) is 6.58 Å². The summed E-state index contributed by atoms with van der Waals surface area (Å²) >= 11 is 0. The van der Waals surface area contributed by atoms with Gasteiger partial charge in [0.1, 0.15) is 0 Å². The highest BCUT2D eigenvalue weighted by Gasteiger charge is 2.13. The topological polar surface area (TPSA) is 40.5 Å². The van der Waals surface area contributed by atoms with E-state index in [-0.39, 0.29) is 6.10 Å². The number of aliphatic hydroxyl groups excluding tert-OH is 1. The van der Waals surface area contributed by atoms with Crippen LogP contribution >= 0.6 is 0 Å². The van der Waals surface area contributed by atoms with Crippen LogP contribution in [-0.4, -0.2) is 21.9 Å². The van der Waals surface area contributed by atoms with Crippen molar-refractivity contribution in [3.05, 3.63) is 47.6 Å². The van der Waals surface area contributed by atoms with Gasteiger partial charge in [0.15, 0.2) is 0 Å². The van der Waals surface area contributed by atoms with E-state index in [1.165, 1.54) is 11.1 Å². The summed E-state index contributed by atoms with van der Waals surface area (Å²) in [5.74, 6) is 0. The molecule has 22 heavy (non-hydrogen) atoms. The van der Waals surface area contributed by atoms with Gasteiger partial charge < -0.3 is 10.2 Å². The Morgan fingerprint density at radius 2 is 1.68 bits per heavy atom. The van der Waals surface area contributed by atoms with Gasteiger partial charge in [-0.05, 0) is 66.7 Å². The Morgan fingerprint density at radius 1 is 1.09 bits per heavy atom. The van der Waals surface area contributed by atoms with Crippen LogP contribution in [0.15, 0.2) is 47.6 Å². The Labute approximate surface area is 137 Å². The minimum absolute atomic E-state index is 0.376. The van der Waals surface area contributed by atoms with E-state index in [1.54, 1.807) is 13.0 Å². The Bertz CT molecular complexity index is 421. The van der Waals surface area contributed by atoms with E-state index in [0.29, 0.717) is 12.8 Å². The number of allylic oxidation sites excluding steroid dienone is 4. The van der Waals surface area contributed by atoms with E-state index in [4.69, 9.17) is 0 Å². The molecule has 0 fully saturated rings. The molecule has 0 amide bonds. The lowest BCUT2D eigenvalue weighted by molar-refractivity contribution is 0.103. The molecule has 2 atom stereocenters. The summed E-state index contributed by atoms with van der Waals surface area (Å²) < 4.78 is 0. The van der Waals surface area contributed by atoms with Crippen LogP contribution in [0.2, 0.25) is 0 Å². The van der Waals surface area contributed by atoms with E-state index in [1.807, 2.05) is 19.9 Å². The van der Waals surface area contributed by atoms with Crippen molar-refractivity contribution < 1.29 is 10.2 Å². The second-order valence-electron chi connectivity index (χ2n) is 6.76. The van der Waals surface area contributed by atoms with Crippen LogP contribution in [0, 0.1) is 0 Å². The first-order chi connectivity index (χ1) is 10.2. The van der Waals surface area contributed by atoms with Crippen molar-refractivity contribution >= 4 is 0 Å². The number of aliphatic hydroxyl groups is 2. The van der Waals surface area contributed by atoms with Crippen LogP contribution in [-0.2, 0) is 0 Å². The third-order valence-corrected chi connectivity index (χ3v) is 3.67. The lowest BCUT2D eigenvalue weighted by atomic mass is 9.99. The summed E-state index contributed by atoms with van der Waals surface area (Å²) in [6.45, 7) is 13.6. The first kappa shape index (κ1) is 20.9. The minimum atomic E-state index is -0.770. The molecule has 0 aliphatic rings. The van der Waals surface area contributed by atoms with E-state index >= 15 is 0 Å². The molecule has 0 spiro atoms. The molecule has 1 unspecified atom stereocenters.